The number of piperidine rings is 1. The Hall–Kier alpha value is -3.01. The lowest BCUT2D eigenvalue weighted by Gasteiger charge is -2.46. The Labute approximate surface area is 159 Å². The Morgan fingerprint density at radius 3 is 2.48 bits per heavy atom. The van der Waals surface area contributed by atoms with Gasteiger partial charge in [0.15, 0.2) is 0 Å². The van der Waals surface area contributed by atoms with E-state index in [0.717, 1.165) is 31.5 Å². The second-order valence-electron chi connectivity index (χ2n) is 7.65. The van der Waals surface area contributed by atoms with Crippen molar-refractivity contribution in [1.82, 2.24) is 9.47 Å². The van der Waals surface area contributed by atoms with Crippen LogP contribution in [0.4, 0.5) is 5.69 Å². The number of benzene rings is 2. The zero-order valence-corrected chi connectivity index (χ0v) is 15.5. The SMILES string of the molecule is Cc1ccc(C(=O)N2CCC3(CC2)Nc2ccccc2-n2cccc23)cc1. The van der Waals surface area contributed by atoms with Gasteiger partial charge < -0.3 is 14.8 Å². The summed E-state index contributed by atoms with van der Waals surface area (Å²) in [6.07, 6.45) is 3.95. The van der Waals surface area contributed by atoms with Gasteiger partial charge in [-0.1, -0.05) is 29.8 Å². The minimum absolute atomic E-state index is 0.109. The van der Waals surface area contributed by atoms with E-state index >= 15 is 0 Å². The Morgan fingerprint density at radius 1 is 0.963 bits per heavy atom. The number of likely N-dealkylation sites (tertiary alicyclic amines) is 1. The molecule has 1 spiro atoms. The molecule has 1 fully saturated rings. The van der Waals surface area contributed by atoms with Crippen LogP contribution in [-0.2, 0) is 5.54 Å². The van der Waals surface area contributed by atoms with E-state index in [9.17, 15) is 4.79 Å². The molecular weight excluding hydrogens is 334 g/mol. The van der Waals surface area contributed by atoms with Gasteiger partial charge in [0.05, 0.1) is 16.9 Å². The number of aryl methyl sites for hydroxylation is 1. The molecule has 0 saturated carbocycles. The van der Waals surface area contributed by atoms with Crippen molar-refractivity contribution in [2.45, 2.75) is 25.3 Å². The standard InChI is InChI=1S/C23H23N3O/c1-17-8-10-18(11-9-17)22(27)25-15-12-23(13-16-25)21-7-4-14-26(21)20-6-3-2-5-19(20)24-23/h2-11,14,24H,12-13,15-16H2,1H3. The summed E-state index contributed by atoms with van der Waals surface area (Å²) in [6.45, 7) is 3.56. The van der Waals surface area contributed by atoms with Crippen LogP contribution in [0.1, 0.15) is 34.5 Å². The summed E-state index contributed by atoms with van der Waals surface area (Å²) in [5, 5.41) is 3.80. The monoisotopic (exact) mass is 357 g/mol. The fourth-order valence-electron chi connectivity index (χ4n) is 4.44. The summed E-state index contributed by atoms with van der Waals surface area (Å²) in [5.41, 5.74) is 5.50. The van der Waals surface area contributed by atoms with Crippen LogP contribution in [0.5, 0.6) is 0 Å². The minimum Gasteiger partial charge on any atom is -0.372 e. The Bertz CT molecular complexity index is 994. The number of carbonyl (C=O) groups excluding carboxylic acids is 1. The van der Waals surface area contributed by atoms with E-state index in [-0.39, 0.29) is 11.4 Å². The fraction of sp³-hybridized carbons (Fsp3) is 0.261. The quantitative estimate of drug-likeness (QED) is 0.703. The van der Waals surface area contributed by atoms with Crippen molar-refractivity contribution >= 4 is 11.6 Å². The molecule has 2 aliphatic heterocycles. The van der Waals surface area contributed by atoms with Crippen molar-refractivity contribution in [3.8, 4) is 5.69 Å². The molecule has 1 aromatic heterocycles. The molecule has 0 atom stereocenters. The van der Waals surface area contributed by atoms with Crippen LogP contribution in [0, 0.1) is 6.92 Å². The maximum Gasteiger partial charge on any atom is 0.253 e. The molecule has 4 nitrogen and oxygen atoms in total. The van der Waals surface area contributed by atoms with Gasteiger partial charge in [-0.15, -0.1) is 0 Å². The van der Waals surface area contributed by atoms with E-state index in [2.05, 4.69) is 52.5 Å². The van der Waals surface area contributed by atoms with E-state index in [1.165, 1.54) is 22.6 Å². The predicted octanol–water partition coefficient (Wildman–Crippen LogP) is 4.34. The third-order valence-electron chi connectivity index (χ3n) is 5.98. The number of carbonyl (C=O) groups is 1. The van der Waals surface area contributed by atoms with Gasteiger partial charge in [0.2, 0.25) is 0 Å². The normalized spacial score (nSPS) is 17.1. The summed E-state index contributed by atoms with van der Waals surface area (Å²) in [6, 6.07) is 20.6. The van der Waals surface area contributed by atoms with Crippen molar-refractivity contribution in [3.05, 3.63) is 83.7 Å². The second-order valence-corrected chi connectivity index (χ2v) is 7.65. The lowest BCUT2D eigenvalue weighted by molar-refractivity contribution is 0.0676. The molecule has 5 rings (SSSR count). The van der Waals surface area contributed by atoms with Gasteiger partial charge in [0.25, 0.3) is 5.91 Å². The van der Waals surface area contributed by atoms with Crippen LogP contribution < -0.4 is 5.32 Å². The lowest BCUT2D eigenvalue weighted by atomic mass is 9.82. The van der Waals surface area contributed by atoms with E-state index in [1.54, 1.807) is 0 Å². The van der Waals surface area contributed by atoms with Gasteiger partial charge in [-0.2, -0.15) is 0 Å². The zero-order chi connectivity index (χ0) is 18.4. The molecule has 0 aliphatic carbocycles. The summed E-state index contributed by atoms with van der Waals surface area (Å²) in [7, 11) is 0. The number of nitrogens with one attached hydrogen (secondary N) is 1. The maximum absolute atomic E-state index is 12.9. The van der Waals surface area contributed by atoms with E-state index in [4.69, 9.17) is 0 Å². The number of hydrogen-bond donors (Lipinski definition) is 1. The van der Waals surface area contributed by atoms with Crippen LogP contribution >= 0.6 is 0 Å². The average molecular weight is 357 g/mol. The summed E-state index contributed by atoms with van der Waals surface area (Å²) in [5.74, 6) is 0.136. The summed E-state index contributed by atoms with van der Waals surface area (Å²) >= 11 is 0. The summed E-state index contributed by atoms with van der Waals surface area (Å²) < 4.78 is 2.29. The molecule has 0 radical (unpaired) electrons. The molecule has 2 aliphatic rings. The number of para-hydroxylation sites is 2. The summed E-state index contributed by atoms with van der Waals surface area (Å²) in [4.78, 5) is 14.9. The van der Waals surface area contributed by atoms with Crippen molar-refractivity contribution in [2.75, 3.05) is 18.4 Å². The number of hydrogen-bond acceptors (Lipinski definition) is 2. The highest BCUT2D eigenvalue weighted by molar-refractivity contribution is 5.94. The molecule has 1 saturated heterocycles. The zero-order valence-electron chi connectivity index (χ0n) is 15.5. The number of amides is 1. The first-order chi connectivity index (χ1) is 13.2. The second kappa shape index (κ2) is 6.02. The molecule has 1 amide bonds. The molecule has 0 unspecified atom stereocenters. The van der Waals surface area contributed by atoms with E-state index < -0.39 is 0 Å². The van der Waals surface area contributed by atoms with Crippen molar-refractivity contribution in [3.63, 3.8) is 0 Å². The highest BCUT2D eigenvalue weighted by atomic mass is 16.2. The van der Waals surface area contributed by atoms with Gasteiger partial charge in [-0.3, -0.25) is 4.79 Å². The third kappa shape index (κ3) is 2.55. The van der Waals surface area contributed by atoms with Crippen LogP contribution in [-0.4, -0.2) is 28.5 Å². The topological polar surface area (TPSA) is 37.3 Å². The molecule has 3 aromatic rings. The number of nitrogens with zero attached hydrogens (tertiary/aromatic N) is 2. The number of anilines is 1. The molecule has 27 heavy (non-hydrogen) atoms. The van der Waals surface area contributed by atoms with E-state index in [1.807, 2.05) is 36.1 Å². The molecule has 3 heterocycles. The maximum atomic E-state index is 12.9. The first-order valence-electron chi connectivity index (χ1n) is 9.58. The Morgan fingerprint density at radius 2 is 1.70 bits per heavy atom. The van der Waals surface area contributed by atoms with Crippen LogP contribution in [0.25, 0.3) is 5.69 Å². The molecular formula is C23H23N3O. The lowest BCUT2D eigenvalue weighted by Crippen LogP contribution is -2.51. The van der Waals surface area contributed by atoms with Crippen LogP contribution in [0.3, 0.4) is 0 Å². The number of fused-ring (bicyclic) bond motifs is 4. The van der Waals surface area contributed by atoms with Crippen LogP contribution in [0.15, 0.2) is 66.9 Å². The van der Waals surface area contributed by atoms with Gasteiger partial charge in [0, 0.05) is 30.5 Å². The molecule has 1 N–H and O–H groups in total. The van der Waals surface area contributed by atoms with Crippen LogP contribution in [0.2, 0.25) is 0 Å². The van der Waals surface area contributed by atoms with Gasteiger partial charge >= 0.3 is 0 Å². The van der Waals surface area contributed by atoms with Crippen molar-refractivity contribution in [1.29, 1.82) is 0 Å². The fourth-order valence-corrected chi connectivity index (χ4v) is 4.44. The smallest absolute Gasteiger partial charge is 0.253 e. The van der Waals surface area contributed by atoms with Crippen molar-refractivity contribution < 1.29 is 4.79 Å². The largest absolute Gasteiger partial charge is 0.372 e. The molecule has 2 aromatic carbocycles. The van der Waals surface area contributed by atoms with Gasteiger partial charge in [-0.05, 0) is 56.2 Å². The Balaban J connectivity index is 1.40. The molecule has 4 heteroatoms. The molecule has 136 valence electrons. The first-order valence-corrected chi connectivity index (χ1v) is 9.58. The van der Waals surface area contributed by atoms with Gasteiger partial charge in [-0.25, -0.2) is 0 Å². The van der Waals surface area contributed by atoms with Crippen molar-refractivity contribution in [2.24, 2.45) is 0 Å². The van der Waals surface area contributed by atoms with Gasteiger partial charge in [0.1, 0.15) is 0 Å². The number of aromatic nitrogens is 1. The first kappa shape index (κ1) is 16.2. The number of rotatable bonds is 1. The average Bonchev–Trinajstić information content (AvgIpc) is 3.20. The Kier molecular flexibility index (Phi) is 3.61. The minimum atomic E-state index is -0.109. The predicted molar refractivity (Wildman–Crippen MR) is 107 cm³/mol. The van der Waals surface area contributed by atoms with E-state index in [0.29, 0.717) is 0 Å². The molecule has 0 bridgehead atoms. The highest BCUT2D eigenvalue weighted by Gasteiger charge is 2.42. The highest BCUT2D eigenvalue weighted by Crippen LogP contribution is 2.43. The third-order valence-corrected chi connectivity index (χ3v) is 5.98.